The van der Waals surface area contributed by atoms with Crippen LogP contribution in [0.3, 0.4) is 0 Å². The number of anilines is 1. The fourth-order valence-corrected chi connectivity index (χ4v) is 5.66. The van der Waals surface area contributed by atoms with Crippen LogP contribution in [0.4, 0.5) is 5.69 Å². The second kappa shape index (κ2) is 14.7. The first-order valence-electron chi connectivity index (χ1n) is 13.6. The van der Waals surface area contributed by atoms with Crippen molar-refractivity contribution in [3.63, 3.8) is 0 Å². The molecule has 0 atom stereocenters. The minimum Gasteiger partial charge on any atom is -0.321 e. The Morgan fingerprint density at radius 1 is 0.659 bits per heavy atom. The molecule has 5 rings (SSSR count). The molecule has 0 fully saturated rings. The third-order valence-electron chi connectivity index (χ3n) is 6.59. The highest BCUT2D eigenvalue weighted by Crippen LogP contribution is 2.28. The van der Waals surface area contributed by atoms with E-state index in [4.69, 9.17) is 23.2 Å². The first-order chi connectivity index (χ1) is 21.4. The molecule has 0 saturated carbocycles. The molecule has 0 aliphatic heterocycles. The van der Waals surface area contributed by atoms with Gasteiger partial charge in [-0.1, -0.05) is 108 Å². The summed E-state index contributed by atoms with van der Waals surface area (Å²) in [5.41, 5.74) is 3.99. The number of hydrogen-bond donors (Lipinski definition) is 2. The monoisotopic (exact) mass is 636 g/mol. The van der Waals surface area contributed by atoms with E-state index in [1.165, 1.54) is 17.8 Å². The summed E-state index contributed by atoms with van der Waals surface area (Å²) >= 11 is 14.1. The molecule has 0 spiro atoms. The molecule has 5 aromatic carbocycles. The molecule has 0 aliphatic carbocycles. The lowest BCUT2D eigenvalue weighted by molar-refractivity contribution is -0.113. The van der Waals surface area contributed by atoms with Gasteiger partial charge in [-0.15, -0.1) is 11.8 Å². The number of carbonyl (C=O) groups excluding carboxylic acids is 3. The van der Waals surface area contributed by atoms with Gasteiger partial charge >= 0.3 is 0 Å². The molecule has 0 radical (unpaired) electrons. The van der Waals surface area contributed by atoms with Crippen LogP contribution < -0.4 is 10.6 Å². The number of thioether (sulfide) groups is 1. The van der Waals surface area contributed by atoms with E-state index in [9.17, 15) is 14.4 Å². The third kappa shape index (κ3) is 8.05. The van der Waals surface area contributed by atoms with E-state index in [1.54, 1.807) is 66.7 Å². The summed E-state index contributed by atoms with van der Waals surface area (Å²) in [6.07, 6.45) is 1.45. The van der Waals surface area contributed by atoms with E-state index in [-0.39, 0.29) is 17.2 Å². The van der Waals surface area contributed by atoms with Crippen LogP contribution in [-0.4, -0.2) is 23.4 Å². The molecule has 0 bridgehead atoms. The van der Waals surface area contributed by atoms with E-state index in [1.807, 2.05) is 60.7 Å². The maximum Gasteiger partial charge on any atom is 0.272 e. The van der Waals surface area contributed by atoms with Gasteiger partial charge in [-0.25, -0.2) is 0 Å². The first kappa shape index (κ1) is 30.8. The normalized spacial score (nSPS) is 11.1. The van der Waals surface area contributed by atoms with Crippen LogP contribution in [0.1, 0.15) is 26.3 Å². The van der Waals surface area contributed by atoms with Gasteiger partial charge in [0, 0.05) is 37.3 Å². The van der Waals surface area contributed by atoms with Crippen molar-refractivity contribution in [2.24, 2.45) is 0 Å². The van der Waals surface area contributed by atoms with Crippen LogP contribution in [0.5, 0.6) is 0 Å². The van der Waals surface area contributed by atoms with Crippen LogP contribution in [0.25, 0.3) is 17.2 Å². The van der Waals surface area contributed by atoms with Crippen molar-refractivity contribution in [1.82, 2.24) is 5.32 Å². The van der Waals surface area contributed by atoms with E-state index < -0.39 is 11.8 Å². The van der Waals surface area contributed by atoms with Gasteiger partial charge in [0.25, 0.3) is 11.8 Å². The molecular weight excluding hydrogens is 611 g/mol. The van der Waals surface area contributed by atoms with E-state index >= 15 is 0 Å². The molecule has 2 amide bonds. The van der Waals surface area contributed by atoms with Gasteiger partial charge in [-0.2, -0.15) is 0 Å². The largest absolute Gasteiger partial charge is 0.321 e. The highest BCUT2D eigenvalue weighted by atomic mass is 35.5. The quantitative estimate of drug-likeness (QED) is 0.0911. The molecule has 8 heteroatoms. The number of benzene rings is 5. The summed E-state index contributed by atoms with van der Waals surface area (Å²) in [5.74, 6) is -0.808. The number of amides is 2. The van der Waals surface area contributed by atoms with Crippen LogP contribution in [0.2, 0.25) is 10.0 Å². The van der Waals surface area contributed by atoms with Gasteiger partial charge in [0.15, 0.2) is 5.78 Å². The lowest BCUT2D eigenvalue weighted by Gasteiger charge is -2.13. The Kier molecular flexibility index (Phi) is 10.3. The number of nitrogens with one attached hydrogen (secondary N) is 2. The molecular formula is C36H26Cl2N2O3S. The van der Waals surface area contributed by atoms with Crippen molar-refractivity contribution < 1.29 is 14.4 Å². The van der Waals surface area contributed by atoms with Gasteiger partial charge in [0.05, 0.1) is 5.75 Å². The minimum absolute atomic E-state index is 0.00508. The summed E-state index contributed by atoms with van der Waals surface area (Å²) in [4.78, 5) is 40.1. The fraction of sp³-hybridized carbons (Fsp3) is 0.0278. The van der Waals surface area contributed by atoms with Crippen molar-refractivity contribution in [3.8, 4) is 11.1 Å². The van der Waals surface area contributed by atoms with Gasteiger partial charge in [-0.05, 0) is 59.7 Å². The lowest BCUT2D eigenvalue weighted by atomic mass is 10.0. The predicted octanol–water partition coefficient (Wildman–Crippen LogP) is 9.04. The maximum absolute atomic E-state index is 13.5. The second-order valence-corrected chi connectivity index (χ2v) is 11.5. The number of rotatable bonds is 10. The van der Waals surface area contributed by atoms with Crippen molar-refractivity contribution in [2.45, 2.75) is 4.90 Å². The van der Waals surface area contributed by atoms with E-state index in [2.05, 4.69) is 10.6 Å². The van der Waals surface area contributed by atoms with Gasteiger partial charge in [-0.3, -0.25) is 14.4 Å². The van der Waals surface area contributed by atoms with Crippen molar-refractivity contribution in [1.29, 1.82) is 0 Å². The summed E-state index contributed by atoms with van der Waals surface area (Å²) in [6, 6.07) is 38.2. The van der Waals surface area contributed by atoms with E-state index in [0.29, 0.717) is 32.4 Å². The fourth-order valence-electron chi connectivity index (χ4n) is 4.31. The Labute approximate surface area is 269 Å². The number of Topliss-reactive ketones (excluding diaryl/α,β-unsaturated/α-hetero) is 1. The highest BCUT2D eigenvalue weighted by Gasteiger charge is 2.17. The molecule has 218 valence electrons. The molecule has 44 heavy (non-hydrogen) atoms. The molecule has 5 aromatic rings. The zero-order chi connectivity index (χ0) is 30.9. The molecule has 0 aliphatic rings. The van der Waals surface area contributed by atoms with E-state index in [0.717, 1.165) is 16.0 Å². The van der Waals surface area contributed by atoms with Crippen LogP contribution >= 0.6 is 35.0 Å². The molecule has 2 N–H and O–H groups in total. The number of carbonyl (C=O) groups is 3. The Hall–Kier alpha value is -4.62. The summed E-state index contributed by atoms with van der Waals surface area (Å²) in [5, 5.41) is 6.18. The standard InChI is InChI=1S/C36H26Cl2N2O3S/c37-31-15-8-16-32(38)30(31)22-33(40-35(42)27-11-5-2-6-12-27)36(43)39-28-13-7-14-29(21-28)44-23-34(41)26-19-17-25(18-20-26)24-9-3-1-4-10-24/h1-22H,23H2,(H,39,43)(H,40,42)/b33-22-. The number of halogens is 2. The Morgan fingerprint density at radius 3 is 1.95 bits per heavy atom. The Balaban J connectivity index is 1.28. The summed E-state index contributed by atoms with van der Waals surface area (Å²) in [6.45, 7) is 0. The van der Waals surface area contributed by atoms with Gasteiger partial charge < -0.3 is 10.6 Å². The highest BCUT2D eigenvalue weighted by molar-refractivity contribution is 8.00. The average molecular weight is 638 g/mol. The SMILES string of the molecule is O=C(Nc1cccc(SCC(=O)c2ccc(-c3ccccc3)cc2)c1)/C(=C/c1c(Cl)cccc1Cl)NC(=O)c1ccccc1. The molecule has 0 heterocycles. The molecule has 0 saturated heterocycles. The van der Waals surface area contributed by atoms with Crippen molar-refractivity contribution >= 4 is 64.3 Å². The predicted molar refractivity (Wildman–Crippen MR) is 180 cm³/mol. The van der Waals surface area contributed by atoms with Crippen LogP contribution in [0.15, 0.2) is 138 Å². The third-order valence-corrected chi connectivity index (χ3v) is 8.25. The number of hydrogen-bond acceptors (Lipinski definition) is 4. The molecule has 0 unspecified atom stereocenters. The molecule has 5 nitrogen and oxygen atoms in total. The average Bonchev–Trinajstić information content (AvgIpc) is 3.06. The second-order valence-electron chi connectivity index (χ2n) is 9.65. The smallest absolute Gasteiger partial charge is 0.272 e. The maximum atomic E-state index is 13.5. The molecule has 0 aromatic heterocycles. The summed E-state index contributed by atoms with van der Waals surface area (Å²) < 4.78 is 0. The van der Waals surface area contributed by atoms with Crippen molar-refractivity contribution in [3.05, 3.63) is 160 Å². The zero-order valence-electron chi connectivity index (χ0n) is 23.3. The van der Waals surface area contributed by atoms with Crippen LogP contribution in [-0.2, 0) is 4.79 Å². The summed E-state index contributed by atoms with van der Waals surface area (Å²) in [7, 11) is 0. The first-order valence-corrected chi connectivity index (χ1v) is 15.4. The Bertz CT molecular complexity index is 1810. The zero-order valence-corrected chi connectivity index (χ0v) is 25.6. The van der Waals surface area contributed by atoms with Crippen molar-refractivity contribution in [2.75, 3.05) is 11.1 Å². The van der Waals surface area contributed by atoms with Crippen LogP contribution in [0, 0.1) is 0 Å². The van der Waals surface area contributed by atoms with Gasteiger partial charge in [0.1, 0.15) is 5.70 Å². The van der Waals surface area contributed by atoms with Gasteiger partial charge in [0.2, 0.25) is 0 Å². The minimum atomic E-state index is -0.568. The topological polar surface area (TPSA) is 75.3 Å². The number of ketones is 1. The Morgan fingerprint density at radius 2 is 1.27 bits per heavy atom. The lowest BCUT2D eigenvalue weighted by Crippen LogP contribution is -2.30.